The lowest BCUT2D eigenvalue weighted by molar-refractivity contribution is -0.120. The van der Waals surface area contributed by atoms with Crippen molar-refractivity contribution >= 4 is 18.3 Å². The van der Waals surface area contributed by atoms with Gasteiger partial charge in [-0.05, 0) is 37.0 Å². The zero-order valence-electron chi connectivity index (χ0n) is 13.0. The van der Waals surface area contributed by atoms with Crippen LogP contribution in [0.2, 0.25) is 0 Å². The second kappa shape index (κ2) is 10.4. The molecule has 0 saturated carbocycles. The first-order chi connectivity index (χ1) is 10.3. The van der Waals surface area contributed by atoms with Crippen LogP contribution < -0.4 is 15.4 Å². The summed E-state index contributed by atoms with van der Waals surface area (Å²) < 4.78 is 10.6. The molecule has 1 saturated heterocycles. The molecule has 5 nitrogen and oxygen atoms in total. The van der Waals surface area contributed by atoms with Crippen LogP contribution in [0.25, 0.3) is 0 Å². The molecule has 1 atom stereocenters. The van der Waals surface area contributed by atoms with E-state index in [9.17, 15) is 4.79 Å². The summed E-state index contributed by atoms with van der Waals surface area (Å²) in [6.45, 7) is 2.60. The van der Waals surface area contributed by atoms with Gasteiger partial charge in [0.15, 0.2) is 0 Å². The lowest BCUT2D eigenvalue weighted by Gasteiger charge is -2.11. The molecule has 1 aliphatic heterocycles. The first-order valence-corrected chi connectivity index (χ1v) is 7.50. The van der Waals surface area contributed by atoms with E-state index in [4.69, 9.17) is 9.47 Å². The molecule has 0 spiro atoms. The molecule has 0 radical (unpaired) electrons. The summed E-state index contributed by atoms with van der Waals surface area (Å²) in [5.41, 5.74) is 1.18. The van der Waals surface area contributed by atoms with Crippen LogP contribution in [0.5, 0.6) is 5.75 Å². The number of nitrogens with one attached hydrogen (secondary N) is 2. The Morgan fingerprint density at radius 1 is 1.36 bits per heavy atom. The van der Waals surface area contributed by atoms with Crippen molar-refractivity contribution in [3.05, 3.63) is 29.8 Å². The van der Waals surface area contributed by atoms with Gasteiger partial charge in [-0.1, -0.05) is 12.1 Å². The Kier molecular flexibility index (Phi) is 8.89. The number of methoxy groups -OCH3 is 1. The summed E-state index contributed by atoms with van der Waals surface area (Å²) in [5.74, 6) is 0.877. The lowest BCUT2D eigenvalue weighted by atomic mass is 10.1. The van der Waals surface area contributed by atoms with Crippen molar-refractivity contribution in [1.29, 1.82) is 0 Å². The largest absolute Gasteiger partial charge is 0.497 e. The maximum atomic E-state index is 11.7. The quantitative estimate of drug-likeness (QED) is 0.760. The van der Waals surface area contributed by atoms with Gasteiger partial charge in [0.1, 0.15) is 5.75 Å². The second-order valence-corrected chi connectivity index (χ2v) is 5.21. The van der Waals surface area contributed by atoms with Gasteiger partial charge in [-0.3, -0.25) is 4.79 Å². The second-order valence-electron chi connectivity index (χ2n) is 5.21. The van der Waals surface area contributed by atoms with Gasteiger partial charge < -0.3 is 20.1 Å². The highest BCUT2D eigenvalue weighted by atomic mass is 35.5. The third kappa shape index (κ3) is 6.64. The fraction of sp³-hybridized carbons (Fsp3) is 0.562. The number of hydrogen-bond donors (Lipinski definition) is 2. The lowest BCUT2D eigenvalue weighted by Crippen LogP contribution is -2.37. The van der Waals surface area contributed by atoms with Gasteiger partial charge in [0, 0.05) is 19.7 Å². The van der Waals surface area contributed by atoms with E-state index in [0.29, 0.717) is 13.1 Å². The fourth-order valence-corrected chi connectivity index (χ4v) is 2.35. The summed E-state index contributed by atoms with van der Waals surface area (Å²) >= 11 is 0. The molecule has 1 unspecified atom stereocenters. The van der Waals surface area contributed by atoms with E-state index in [2.05, 4.69) is 10.6 Å². The predicted octanol–water partition coefficient (Wildman–Crippen LogP) is 1.54. The van der Waals surface area contributed by atoms with Crippen LogP contribution in [-0.4, -0.2) is 45.4 Å². The number of hydrogen-bond acceptors (Lipinski definition) is 4. The molecule has 1 aliphatic rings. The van der Waals surface area contributed by atoms with Gasteiger partial charge in [-0.25, -0.2) is 0 Å². The van der Waals surface area contributed by atoms with Crippen molar-refractivity contribution < 1.29 is 14.3 Å². The van der Waals surface area contributed by atoms with Crippen molar-refractivity contribution in [3.8, 4) is 5.75 Å². The molecule has 22 heavy (non-hydrogen) atoms. The number of amides is 1. The Balaban J connectivity index is 0.00000242. The van der Waals surface area contributed by atoms with Crippen LogP contribution in [0, 0.1) is 0 Å². The Morgan fingerprint density at radius 3 is 2.77 bits per heavy atom. The van der Waals surface area contributed by atoms with Crippen molar-refractivity contribution in [3.63, 3.8) is 0 Å². The third-order valence-corrected chi connectivity index (χ3v) is 3.58. The van der Waals surface area contributed by atoms with E-state index in [1.807, 2.05) is 24.3 Å². The van der Waals surface area contributed by atoms with Crippen LogP contribution >= 0.6 is 12.4 Å². The molecular formula is C16H25ClN2O3. The average molecular weight is 329 g/mol. The summed E-state index contributed by atoms with van der Waals surface area (Å²) in [4.78, 5) is 11.7. The van der Waals surface area contributed by atoms with Crippen LogP contribution in [-0.2, 0) is 16.0 Å². The monoisotopic (exact) mass is 328 g/mol. The zero-order valence-corrected chi connectivity index (χ0v) is 13.8. The number of carbonyl (C=O) groups excluding carboxylic acids is 1. The fourth-order valence-electron chi connectivity index (χ4n) is 2.35. The maximum absolute atomic E-state index is 11.7. The zero-order chi connectivity index (χ0) is 14.9. The molecule has 6 heteroatoms. The SMILES string of the molecule is COc1ccc(CCNC(=O)CNCC2CCCO2)cc1.Cl. The number of rotatable bonds is 8. The minimum atomic E-state index is 0. The summed E-state index contributed by atoms with van der Waals surface area (Å²) in [6, 6.07) is 7.89. The Labute approximate surface area is 138 Å². The minimum absolute atomic E-state index is 0. The molecule has 1 fully saturated rings. The van der Waals surface area contributed by atoms with E-state index in [-0.39, 0.29) is 24.4 Å². The molecule has 1 aromatic rings. The Morgan fingerprint density at radius 2 is 2.14 bits per heavy atom. The first kappa shape index (κ1) is 18.7. The van der Waals surface area contributed by atoms with Gasteiger partial charge in [0.2, 0.25) is 5.91 Å². The molecule has 1 heterocycles. The normalized spacial score (nSPS) is 16.9. The standard InChI is InChI=1S/C16H24N2O3.ClH/c1-20-14-6-4-13(5-7-14)8-9-18-16(19)12-17-11-15-3-2-10-21-15;/h4-7,15,17H,2-3,8-12H2,1H3,(H,18,19);1H. The number of carbonyl (C=O) groups is 1. The van der Waals surface area contributed by atoms with Crippen LogP contribution in [0.1, 0.15) is 18.4 Å². The van der Waals surface area contributed by atoms with Gasteiger partial charge in [0.05, 0.1) is 19.8 Å². The van der Waals surface area contributed by atoms with Gasteiger partial charge in [-0.2, -0.15) is 0 Å². The minimum Gasteiger partial charge on any atom is -0.497 e. The van der Waals surface area contributed by atoms with E-state index in [1.54, 1.807) is 7.11 Å². The Hall–Kier alpha value is -1.30. The third-order valence-electron chi connectivity index (χ3n) is 3.58. The van der Waals surface area contributed by atoms with E-state index < -0.39 is 0 Å². The van der Waals surface area contributed by atoms with E-state index >= 15 is 0 Å². The highest BCUT2D eigenvalue weighted by Gasteiger charge is 2.14. The molecule has 124 valence electrons. The first-order valence-electron chi connectivity index (χ1n) is 7.50. The van der Waals surface area contributed by atoms with Gasteiger partial charge in [-0.15, -0.1) is 12.4 Å². The van der Waals surface area contributed by atoms with E-state index in [1.165, 1.54) is 5.56 Å². The van der Waals surface area contributed by atoms with Gasteiger partial charge >= 0.3 is 0 Å². The maximum Gasteiger partial charge on any atom is 0.233 e. The van der Waals surface area contributed by atoms with Gasteiger partial charge in [0.25, 0.3) is 0 Å². The topological polar surface area (TPSA) is 59.6 Å². The summed E-state index contributed by atoms with van der Waals surface area (Å²) in [7, 11) is 1.65. The van der Waals surface area contributed by atoms with Crippen molar-refractivity contribution in [2.75, 3.05) is 33.4 Å². The predicted molar refractivity (Wildman–Crippen MR) is 88.8 cm³/mol. The number of benzene rings is 1. The number of halogens is 1. The van der Waals surface area contributed by atoms with Crippen molar-refractivity contribution in [2.45, 2.75) is 25.4 Å². The van der Waals surface area contributed by atoms with Crippen molar-refractivity contribution in [1.82, 2.24) is 10.6 Å². The Bertz CT molecular complexity index is 434. The summed E-state index contributed by atoms with van der Waals surface area (Å²) in [5, 5.41) is 6.05. The summed E-state index contributed by atoms with van der Waals surface area (Å²) in [6.07, 6.45) is 3.31. The number of ether oxygens (including phenoxy) is 2. The molecule has 2 rings (SSSR count). The molecule has 0 bridgehead atoms. The van der Waals surface area contributed by atoms with Crippen LogP contribution in [0.15, 0.2) is 24.3 Å². The smallest absolute Gasteiger partial charge is 0.233 e. The van der Waals surface area contributed by atoms with Crippen LogP contribution in [0.3, 0.4) is 0 Å². The van der Waals surface area contributed by atoms with Crippen LogP contribution in [0.4, 0.5) is 0 Å². The molecule has 0 aliphatic carbocycles. The highest BCUT2D eigenvalue weighted by Crippen LogP contribution is 2.11. The van der Waals surface area contributed by atoms with E-state index in [0.717, 1.165) is 38.2 Å². The average Bonchev–Trinajstić information content (AvgIpc) is 3.01. The molecule has 0 aromatic heterocycles. The molecule has 2 N–H and O–H groups in total. The molecular weight excluding hydrogens is 304 g/mol. The molecule has 1 aromatic carbocycles. The molecule has 1 amide bonds. The highest BCUT2D eigenvalue weighted by molar-refractivity contribution is 5.85. The van der Waals surface area contributed by atoms with Crippen molar-refractivity contribution in [2.24, 2.45) is 0 Å².